The summed E-state index contributed by atoms with van der Waals surface area (Å²) >= 11 is 3.24. The maximum atomic E-state index is 11.8. The number of rotatable bonds is 4. The quantitative estimate of drug-likeness (QED) is 0.793. The fourth-order valence-corrected chi connectivity index (χ4v) is 1.70. The highest BCUT2D eigenvalue weighted by molar-refractivity contribution is 9.10. The Hall–Kier alpha value is -1.56. The molecule has 2 amide bonds. The number of anilines is 1. The Labute approximate surface area is 120 Å². The van der Waals surface area contributed by atoms with Crippen molar-refractivity contribution in [3.63, 3.8) is 0 Å². The number of carboxylic acids is 1. The first kappa shape index (κ1) is 15.5. The summed E-state index contributed by atoms with van der Waals surface area (Å²) in [5, 5.41) is 14.4. The Morgan fingerprint density at radius 3 is 2.42 bits per heavy atom. The molecule has 0 spiro atoms. The summed E-state index contributed by atoms with van der Waals surface area (Å²) in [5.74, 6) is -0.785. The second kappa shape index (κ2) is 6.56. The standard InChI is InChI=1S/C13H17BrN2O3/c1-7(2)8(3)15-13(19)16-11-6-9(14)4-5-10(11)12(17)18/h4-8H,1-3H3,(H,17,18)(H2,15,16,19). The van der Waals surface area contributed by atoms with Crippen molar-refractivity contribution >= 4 is 33.6 Å². The molecule has 6 heteroatoms. The predicted octanol–water partition coefficient (Wildman–Crippen LogP) is 3.31. The molecule has 0 fully saturated rings. The lowest BCUT2D eigenvalue weighted by atomic mass is 10.1. The fourth-order valence-electron chi connectivity index (χ4n) is 1.34. The minimum Gasteiger partial charge on any atom is -0.478 e. The van der Waals surface area contributed by atoms with Gasteiger partial charge >= 0.3 is 12.0 Å². The van der Waals surface area contributed by atoms with Crippen LogP contribution in [0.1, 0.15) is 31.1 Å². The highest BCUT2D eigenvalue weighted by Crippen LogP contribution is 2.21. The Morgan fingerprint density at radius 1 is 1.26 bits per heavy atom. The van der Waals surface area contributed by atoms with Gasteiger partial charge in [0, 0.05) is 10.5 Å². The van der Waals surface area contributed by atoms with Crippen LogP contribution in [-0.4, -0.2) is 23.1 Å². The fraction of sp³-hybridized carbons (Fsp3) is 0.385. The minimum absolute atomic E-state index is 0.000399. The number of urea groups is 1. The highest BCUT2D eigenvalue weighted by atomic mass is 79.9. The van der Waals surface area contributed by atoms with Crippen LogP contribution in [0, 0.1) is 5.92 Å². The van der Waals surface area contributed by atoms with Gasteiger partial charge in [0.1, 0.15) is 0 Å². The second-order valence-electron chi connectivity index (χ2n) is 4.63. The molecule has 0 aliphatic carbocycles. The number of benzene rings is 1. The van der Waals surface area contributed by atoms with Crippen LogP contribution in [-0.2, 0) is 0 Å². The number of amides is 2. The van der Waals surface area contributed by atoms with Crippen LogP contribution in [0.15, 0.2) is 22.7 Å². The van der Waals surface area contributed by atoms with Gasteiger partial charge < -0.3 is 15.7 Å². The van der Waals surface area contributed by atoms with Gasteiger partial charge in [-0.2, -0.15) is 0 Å². The molecule has 3 N–H and O–H groups in total. The van der Waals surface area contributed by atoms with E-state index in [0.29, 0.717) is 10.4 Å². The number of nitrogens with one attached hydrogen (secondary N) is 2. The molecule has 19 heavy (non-hydrogen) atoms. The van der Waals surface area contributed by atoms with E-state index in [1.165, 1.54) is 6.07 Å². The first-order valence-corrected chi connectivity index (χ1v) is 6.71. The molecular formula is C13H17BrN2O3. The first-order valence-electron chi connectivity index (χ1n) is 5.91. The minimum atomic E-state index is -1.08. The Morgan fingerprint density at radius 2 is 1.89 bits per heavy atom. The molecule has 0 aliphatic rings. The van der Waals surface area contributed by atoms with E-state index in [9.17, 15) is 9.59 Å². The largest absolute Gasteiger partial charge is 0.478 e. The normalized spacial score (nSPS) is 12.1. The van der Waals surface area contributed by atoms with Crippen molar-refractivity contribution in [2.75, 3.05) is 5.32 Å². The maximum absolute atomic E-state index is 11.8. The molecule has 0 saturated heterocycles. The van der Waals surface area contributed by atoms with Gasteiger partial charge in [0.15, 0.2) is 0 Å². The van der Waals surface area contributed by atoms with Gasteiger partial charge in [-0.1, -0.05) is 29.8 Å². The lowest BCUT2D eigenvalue weighted by Crippen LogP contribution is -2.39. The zero-order valence-electron chi connectivity index (χ0n) is 11.0. The molecule has 1 atom stereocenters. The van der Waals surface area contributed by atoms with Crippen molar-refractivity contribution in [3.8, 4) is 0 Å². The van der Waals surface area contributed by atoms with Gasteiger partial charge in [-0.15, -0.1) is 0 Å². The smallest absolute Gasteiger partial charge is 0.337 e. The van der Waals surface area contributed by atoms with Gasteiger partial charge in [0.25, 0.3) is 0 Å². The number of aromatic carboxylic acids is 1. The van der Waals surface area contributed by atoms with Crippen molar-refractivity contribution in [1.29, 1.82) is 0 Å². The van der Waals surface area contributed by atoms with Gasteiger partial charge in [-0.05, 0) is 31.0 Å². The Balaban J connectivity index is 2.84. The number of carbonyl (C=O) groups is 2. The van der Waals surface area contributed by atoms with Crippen LogP contribution in [0.25, 0.3) is 0 Å². The molecule has 0 saturated carbocycles. The molecule has 1 aromatic rings. The van der Waals surface area contributed by atoms with E-state index in [1.807, 2.05) is 20.8 Å². The summed E-state index contributed by atoms with van der Waals surface area (Å²) in [7, 11) is 0. The molecule has 1 unspecified atom stereocenters. The Bertz CT molecular complexity index is 489. The predicted molar refractivity (Wildman–Crippen MR) is 77.6 cm³/mol. The topological polar surface area (TPSA) is 78.4 Å². The maximum Gasteiger partial charge on any atom is 0.337 e. The molecule has 0 heterocycles. The van der Waals surface area contributed by atoms with Crippen LogP contribution < -0.4 is 10.6 Å². The lowest BCUT2D eigenvalue weighted by Gasteiger charge is -2.18. The molecule has 0 bridgehead atoms. The number of halogens is 1. The van der Waals surface area contributed by atoms with Crippen LogP contribution in [0.4, 0.5) is 10.5 Å². The molecule has 0 aromatic heterocycles. The van der Waals surface area contributed by atoms with Gasteiger partial charge in [-0.25, -0.2) is 9.59 Å². The van der Waals surface area contributed by atoms with Crippen molar-refractivity contribution in [2.45, 2.75) is 26.8 Å². The third-order valence-electron chi connectivity index (χ3n) is 2.82. The summed E-state index contributed by atoms with van der Waals surface area (Å²) in [6, 6.07) is 4.20. The molecule has 104 valence electrons. The van der Waals surface area contributed by atoms with E-state index >= 15 is 0 Å². The van der Waals surface area contributed by atoms with Gasteiger partial charge in [0.2, 0.25) is 0 Å². The van der Waals surface area contributed by atoms with Gasteiger partial charge in [0.05, 0.1) is 11.3 Å². The lowest BCUT2D eigenvalue weighted by molar-refractivity contribution is 0.0698. The molecular weight excluding hydrogens is 312 g/mol. The monoisotopic (exact) mass is 328 g/mol. The molecule has 5 nitrogen and oxygen atoms in total. The van der Waals surface area contributed by atoms with Gasteiger partial charge in [-0.3, -0.25) is 0 Å². The van der Waals surface area contributed by atoms with Crippen molar-refractivity contribution in [3.05, 3.63) is 28.2 Å². The van der Waals surface area contributed by atoms with Crippen LogP contribution in [0.5, 0.6) is 0 Å². The summed E-state index contributed by atoms with van der Waals surface area (Å²) in [6.45, 7) is 5.88. The average Bonchev–Trinajstić information content (AvgIpc) is 2.27. The van der Waals surface area contributed by atoms with Crippen LogP contribution >= 0.6 is 15.9 Å². The van der Waals surface area contributed by atoms with E-state index in [1.54, 1.807) is 12.1 Å². The number of hydrogen-bond acceptors (Lipinski definition) is 2. The van der Waals surface area contributed by atoms with E-state index in [2.05, 4.69) is 26.6 Å². The molecule has 1 aromatic carbocycles. The van der Waals surface area contributed by atoms with Crippen molar-refractivity contribution < 1.29 is 14.7 Å². The molecule has 0 aliphatic heterocycles. The van der Waals surface area contributed by atoms with Crippen LogP contribution in [0.3, 0.4) is 0 Å². The van der Waals surface area contributed by atoms with Crippen molar-refractivity contribution in [2.24, 2.45) is 5.92 Å². The summed E-state index contributed by atoms with van der Waals surface area (Å²) in [4.78, 5) is 22.8. The third kappa shape index (κ3) is 4.55. The average molecular weight is 329 g/mol. The van der Waals surface area contributed by atoms with E-state index in [4.69, 9.17) is 5.11 Å². The number of carbonyl (C=O) groups excluding carboxylic acids is 1. The van der Waals surface area contributed by atoms with E-state index < -0.39 is 12.0 Å². The van der Waals surface area contributed by atoms with Crippen LogP contribution in [0.2, 0.25) is 0 Å². The zero-order chi connectivity index (χ0) is 14.6. The second-order valence-corrected chi connectivity index (χ2v) is 5.54. The first-order chi connectivity index (χ1) is 8.81. The van der Waals surface area contributed by atoms with E-state index in [-0.39, 0.29) is 17.3 Å². The summed E-state index contributed by atoms with van der Waals surface area (Å²) < 4.78 is 0.699. The zero-order valence-corrected chi connectivity index (χ0v) is 12.6. The summed E-state index contributed by atoms with van der Waals surface area (Å²) in [5.41, 5.74) is 0.311. The SMILES string of the molecule is CC(C)C(C)NC(=O)Nc1cc(Br)ccc1C(=O)O. The number of hydrogen-bond donors (Lipinski definition) is 3. The Kier molecular flexibility index (Phi) is 5.35. The number of carboxylic acid groups (broad SMARTS) is 1. The molecule has 0 radical (unpaired) electrons. The summed E-state index contributed by atoms with van der Waals surface area (Å²) in [6.07, 6.45) is 0. The highest BCUT2D eigenvalue weighted by Gasteiger charge is 2.15. The molecule has 1 rings (SSSR count). The van der Waals surface area contributed by atoms with E-state index in [0.717, 1.165) is 0 Å². The van der Waals surface area contributed by atoms with Crippen molar-refractivity contribution in [1.82, 2.24) is 5.32 Å². The third-order valence-corrected chi connectivity index (χ3v) is 3.31.